The first kappa shape index (κ1) is 24.7. The van der Waals surface area contributed by atoms with E-state index in [1.165, 1.54) is 0 Å². The van der Waals surface area contributed by atoms with E-state index in [9.17, 15) is 13.2 Å². The zero-order valence-electron chi connectivity index (χ0n) is 20.5. The van der Waals surface area contributed by atoms with Gasteiger partial charge < -0.3 is 4.74 Å². The van der Waals surface area contributed by atoms with Crippen LogP contribution in [0, 0.1) is 6.92 Å². The number of pyridine rings is 1. The van der Waals surface area contributed by atoms with E-state index in [4.69, 9.17) is 4.74 Å². The van der Waals surface area contributed by atoms with E-state index >= 15 is 0 Å². The molecular weight excluding hydrogens is 450 g/mol. The number of carbonyl (C=O) groups is 1. The molecule has 1 aromatic carbocycles. The fraction of sp³-hybridized carbons (Fsp3) is 0.538. The van der Waals surface area contributed by atoms with Crippen LogP contribution in [-0.4, -0.2) is 42.0 Å². The van der Waals surface area contributed by atoms with Crippen LogP contribution in [0.2, 0.25) is 0 Å². The van der Waals surface area contributed by atoms with E-state index < -0.39 is 27.8 Å². The summed E-state index contributed by atoms with van der Waals surface area (Å²) in [6.45, 7) is 7.92. The normalized spacial score (nSPS) is 19.9. The molecule has 0 spiro atoms. The van der Waals surface area contributed by atoms with Crippen molar-refractivity contribution >= 4 is 21.9 Å². The molecule has 7 nitrogen and oxygen atoms in total. The third-order valence-electron chi connectivity index (χ3n) is 6.52. The van der Waals surface area contributed by atoms with Gasteiger partial charge in [0.25, 0.3) is 0 Å². The molecule has 1 aliphatic heterocycles. The largest absolute Gasteiger partial charge is 0.443 e. The number of piperidine rings is 1. The van der Waals surface area contributed by atoms with Crippen molar-refractivity contribution in [3.8, 4) is 0 Å². The van der Waals surface area contributed by atoms with Gasteiger partial charge in [0.2, 0.25) is 10.0 Å². The lowest BCUT2D eigenvalue weighted by Crippen LogP contribution is -2.48. The minimum Gasteiger partial charge on any atom is -0.443 e. The molecule has 2 heterocycles. The number of amides is 1. The molecule has 8 heteroatoms. The Labute approximate surface area is 203 Å². The average Bonchev–Trinajstić information content (AvgIpc) is 2.75. The summed E-state index contributed by atoms with van der Waals surface area (Å²) in [5.74, 6) is 0.512. The molecule has 1 aromatic heterocycles. The smallest absolute Gasteiger partial charge is 0.416 e. The number of carbonyl (C=O) groups excluding carboxylic acids is 1. The van der Waals surface area contributed by atoms with Gasteiger partial charge in [-0.05, 0) is 78.0 Å². The van der Waals surface area contributed by atoms with Crippen molar-refractivity contribution in [2.45, 2.75) is 88.8 Å². The molecule has 2 aliphatic rings. The standard InChI is InChI=1S/C26H35N3O4S/c1-19-13-15-21(16-14-19)34(31,32)28-18-6-5-12-23(28)22-11-8-17-27-24(22)29(20-9-7-10-20)25(30)33-26(2,3)4/h8,11,13-17,20,23H,5-7,9-10,12,18H2,1-4H3. The van der Waals surface area contributed by atoms with Crippen molar-refractivity contribution in [3.63, 3.8) is 0 Å². The van der Waals surface area contributed by atoms with Gasteiger partial charge in [-0.3, -0.25) is 4.90 Å². The van der Waals surface area contributed by atoms with Gasteiger partial charge in [0.1, 0.15) is 11.4 Å². The van der Waals surface area contributed by atoms with Crippen LogP contribution >= 0.6 is 0 Å². The van der Waals surface area contributed by atoms with Gasteiger partial charge in [-0.1, -0.05) is 30.2 Å². The van der Waals surface area contributed by atoms with Crippen LogP contribution in [0.5, 0.6) is 0 Å². The van der Waals surface area contributed by atoms with Gasteiger partial charge in [-0.2, -0.15) is 4.31 Å². The Morgan fingerprint density at radius 1 is 1.06 bits per heavy atom. The van der Waals surface area contributed by atoms with Crippen LogP contribution in [-0.2, 0) is 14.8 Å². The molecule has 1 saturated carbocycles. The third-order valence-corrected chi connectivity index (χ3v) is 8.44. The fourth-order valence-electron chi connectivity index (χ4n) is 4.58. The summed E-state index contributed by atoms with van der Waals surface area (Å²) in [6.07, 6.45) is 6.43. The predicted molar refractivity (Wildman–Crippen MR) is 132 cm³/mol. The Morgan fingerprint density at radius 3 is 2.38 bits per heavy atom. The van der Waals surface area contributed by atoms with Crippen molar-refractivity contribution < 1.29 is 17.9 Å². The van der Waals surface area contributed by atoms with Crippen LogP contribution < -0.4 is 4.90 Å². The summed E-state index contributed by atoms with van der Waals surface area (Å²) in [7, 11) is -3.71. The zero-order chi connectivity index (χ0) is 24.5. The molecule has 1 saturated heterocycles. The summed E-state index contributed by atoms with van der Waals surface area (Å²) in [5, 5.41) is 0. The average molecular weight is 486 g/mol. The van der Waals surface area contributed by atoms with E-state index in [1.807, 2.05) is 52.0 Å². The molecule has 34 heavy (non-hydrogen) atoms. The number of benzene rings is 1. The van der Waals surface area contributed by atoms with E-state index in [0.29, 0.717) is 23.7 Å². The van der Waals surface area contributed by atoms with E-state index in [-0.39, 0.29) is 6.04 Å². The summed E-state index contributed by atoms with van der Waals surface area (Å²) in [6, 6.07) is 10.3. The van der Waals surface area contributed by atoms with Crippen LogP contribution in [0.3, 0.4) is 0 Å². The first-order valence-electron chi connectivity index (χ1n) is 12.1. The van der Waals surface area contributed by atoms with Crippen LogP contribution in [0.1, 0.15) is 76.5 Å². The molecule has 184 valence electrons. The van der Waals surface area contributed by atoms with Gasteiger partial charge >= 0.3 is 6.09 Å². The number of ether oxygens (including phenoxy) is 1. The fourth-order valence-corrected chi connectivity index (χ4v) is 6.26. The zero-order valence-corrected chi connectivity index (χ0v) is 21.3. The number of rotatable bonds is 5. The molecule has 0 N–H and O–H groups in total. The Hall–Kier alpha value is -2.45. The highest BCUT2D eigenvalue weighted by Gasteiger charge is 2.40. The van der Waals surface area contributed by atoms with Gasteiger partial charge in [0.15, 0.2) is 0 Å². The number of aromatic nitrogens is 1. The van der Waals surface area contributed by atoms with Crippen molar-refractivity contribution in [1.82, 2.24) is 9.29 Å². The summed E-state index contributed by atoms with van der Waals surface area (Å²) in [4.78, 5) is 19.9. The van der Waals surface area contributed by atoms with Gasteiger partial charge in [0, 0.05) is 24.3 Å². The minimum absolute atomic E-state index is 0.00856. The maximum Gasteiger partial charge on any atom is 0.416 e. The van der Waals surface area contributed by atoms with Crippen molar-refractivity contribution in [2.75, 3.05) is 11.4 Å². The number of hydrogen-bond acceptors (Lipinski definition) is 5. The number of aryl methyl sites for hydroxylation is 1. The molecule has 2 aromatic rings. The minimum atomic E-state index is -3.71. The Kier molecular flexibility index (Phi) is 7.01. The summed E-state index contributed by atoms with van der Waals surface area (Å²) in [5.41, 5.74) is 1.13. The Morgan fingerprint density at radius 2 is 1.76 bits per heavy atom. The lowest BCUT2D eigenvalue weighted by atomic mass is 9.90. The first-order valence-corrected chi connectivity index (χ1v) is 13.6. The molecule has 1 amide bonds. The SMILES string of the molecule is Cc1ccc(S(=O)(=O)N2CCCCC2c2cccnc2N(C(=O)OC(C)(C)C)C2CCC2)cc1. The first-order chi connectivity index (χ1) is 16.1. The van der Waals surface area contributed by atoms with Gasteiger partial charge in [-0.25, -0.2) is 18.2 Å². The van der Waals surface area contributed by atoms with E-state index in [1.54, 1.807) is 27.5 Å². The number of hydrogen-bond donors (Lipinski definition) is 0. The van der Waals surface area contributed by atoms with Crippen LogP contribution in [0.15, 0.2) is 47.5 Å². The maximum atomic E-state index is 13.7. The Balaban J connectivity index is 1.74. The molecule has 4 rings (SSSR count). The van der Waals surface area contributed by atoms with Crippen LogP contribution in [0.25, 0.3) is 0 Å². The van der Waals surface area contributed by atoms with Gasteiger partial charge in [-0.15, -0.1) is 0 Å². The second-order valence-electron chi connectivity index (χ2n) is 10.3. The number of sulfonamides is 1. The highest BCUT2D eigenvalue weighted by atomic mass is 32.2. The van der Waals surface area contributed by atoms with Crippen molar-refractivity contribution in [2.24, 2.45) is 0 Å². The lowest BCUT2D eigenvalue weighted by Gasteiger charge is -2.40. The number of nitrogens with zero attached hydrogens (tertiary/aromatic N) is 3. The molecule has 1 unspecified atom stereocenters. The molecular formula is C26H35N3O4S. The Bertz CT molecular complexity index is 1120. The van der Waals surface area contributed by atoms with Gasteiger partial charge in [0.05, 0.1) is 10.9 Å². The third kappa shape index (κ3) is 5.13. The molecule has 0 radical (unpaired) electrons. The summed E-state index contributed by atoms with van der Waals surface area (Å²) < 4.78 is 34.7. The predicted octanol–water partition coefficient (Wildman–Crippen LogP) is 5.60. The molecule has 1 aliphatic carbocycles. The molecule has 0 bridgehead atoms. The number of anilines is 1. The van der Waals surface area contributed by atoms with Crippen molar-refractivity contribution in [3.05, 3.63) is 53.7 Å². The summed E-state index contributed by atoms with van der Waals surface area (Å²) >= 11 is 0. The van der Waals surface area contributed by atoms with Crippen LogP contribution in [0.4, 0.5) is 10.6 Å². The highest BCUT2D eigenvalue weighted by molar-refractivity contribution is 7.89. The maximum absolute atomic E-state index is 13.7. The van der Waals surface area contributed by atoms with Crippen molar-refractivity contribution in [1.29, 1.82) is 0 Å². The second kappa shape index (κ2) is 9.66. The second-order valence-corrected chi connectivity index (χ2v) is 12.2. The highest BCUT2D eigenvalue weighted by Crippen LogP contribution is 2.41. The topological polar surface area (TPSA) is 79.8 Å². The molecule has 1 atom stereocenters. The quantitative estimate of drug-likeness (QED) is 0.551. The lowest BCUT2D eigenvalue weighted by molar-refractivity contribution is 0.0547. The molecule has 2 fully saturated rings. The van der Waals surface area contributed by atoms with E-state index in [2.05, 4.69) is 4.98 Å². The monoisotopic (exact) mass is 485 g/mol. The van der Waals surface area contributed by atoms with E-state index in [0.717, 1.165) is 43.2 Å².